The maximum absolute atomic E-state index is 6.72. The Bertz CT molecular complexity index is 3810. The lowest BCUT2D eigenvalue weighted by Crippen LogP contribution is -1.94. The van der Waals surface area contributed by atoms with Gasteiger partial charge in [-0.15, -0.1) is 0 Å². The van der Waals surface area contributed by atoms with Crippen molar-refractivity contribution in [2.24, 2.45) is 0 Å². The van der Waals surface area contributed by atoms with Gasteiger partial charge >= 0.3 is 0 Å². The Morgan fingerprint density at radius 3 is 1.32 bits per heavy atom. The third-order valence-electron chi connectivity index (χ3n) is 12.5. The average molecular weight is 766 g/mol. The van der Waals surface area contributed by atoms with Crippen molar-refractivity contribution in [2.45, 2.75) is 0 Å². The molecule has 4 nitrogen and oxygen atoms in total. The van der Waals surface area contributed by atoms with Gasteiger partial charge in [-0.1, -0.05) is 127 Å². The second kappa shape index (κ2) is 12.7. The fourth-order valence-corrected chi connectivity index (χ4v) is 9.84. The summed E-state index contributed by atoms with van der Waals surface area (Å²) in [6.07, 6.45) is 0. The number of furan rings is 1. The largest absolute Gasteiger partial charge is 0.439 e. The molecule has 13 rings (SSSR count). The Morgan fingerprint density at radius 2 is 0.733 bits per heavy atom. The van der Waals surface area contributed by atoms with Gasteiger partial charge in [-0.05, 0) is 107 Å². The summed E-state index contributed by atoms with van der Waals surface area (Å²) in [4.78, 5) is 0. The van der Waals surface area contributed by atoms with E-state index in [9.17, 15) is 0 Å². The zero-order valence-corrected chi connectivity index (χ0v) is 32.5. The molecule has 4 heteroatoms. The molecule has 0 N–H and O–H groups in total. The van der Waals surface area contributed by atoms with Crippen molar-refractivity contribution in [2.75, 3.05) is 0 Å². The SMILES string of the molecule is c1ccc(-n2c3ccccc3c3cc(-c4ccc5c(c4)c4ccccc4n5-c4ccc(-c5cccc6oc7c(c8ccccc8n7-c7ccccc7)c56)cc4)ccc32)cc1. The molecule has 0 spiro atoms. The predicted octanol–water partition coefficient (Wildman–Crippen LogP) is 15.1. The van der Waals surface area contributed by atoms with Gasteiger partial charge in [-0.3, -0.25) is 4.57 Å². The summed E-state index contributed by atoms with van der Waals surface area (Å²) in [5.74, 6) is 0. The first kappa shape index (κ1) is 32.9. The second-order valence-electron chi connectivity index (χ2n) is 15.7. The summed E-state index contributed by atoms with van der Waals surface area (Å²) >= 11 is 0. The second-order valence-corrected chi connectivity index (χ2v) is 15.7. The molecule has 0 bridgehead atoms. The van der Waals surface area contributed by atoms with E-state index < -0.39 is 0 Å². The van der Waals surface area contributed by atoms with Crippen molar-refractivity contribution in [3.05, 3.63) is 212 Å². The number of hydrogen-bond acceptors (Lipinski definition) is 1. The quantitative estimate of drug-likeness (QED) is 0.171. The molecule has 60 heavy (non-hydrogen) atoms. The van der Waals surface area contributed by atoms with Crippen LogP contribution >= 0.6 is 0 Å². The molecular weight excluding hydrogens is 731 g/mol. The molecule has 0 aliphatic carbocycles. The Kier molecular flexibility index (Phi) is 6.98. The van der Waals surface area contributed by atoms with Gasteiger partial charge in [0.15, 0.2) is 0 Å². The zero-order valence-electron chi connectivity index (χ0n) is 32.5. The van der Waals surface area contributed by atoms with E-state index in [1.807, 2.05) is 0 Å². The van der Waals surface area contributed by atoms with E-state index in [4.69, 9.17) is 4.42 Å². The number of hydrogen-bond donors (Lipinski definition) is 0. The van der Waals surface area contributed by atoms with Crippen molar-refractivity contribution >= 4 is 76.6 Å². The molecule has 0 saturated carbocycles. The summed E-state index contributed by atoms with van der Waals surface area (Å²) in [5, 5.41) is 8.44. The number of para-hydroxylation sites is 5. The van der Waals surface area contributed by atoms with Crippen molar-refractivity contribution in [3.8, 4) is 39.3 Å². The normalized spacial score (nSPS) is 12.0. The molecule has 0 unspecified atom stereocenters. The number of rotatable bonds is 5. The predicted molar refractivity (Wildman–Crippen MR) is 250 cm³/mol. The number of benzene rings is 9. The molecule has 13 aromatic rings. The molecule has 0 radical (unpaired) electrons. The van der Waals surface area contributed by atoms with Crippen molar-refractivity contribution in [1.82, 2.24) is 13.7 Å². The fourth-order valence-electron chi connectivity index (χ4n) is 9.84. The van der Waals surface area contributed by atoms with E-state index in [1.165, 1.54) is 65.8 Å². The van der Waals surface area contributed by atoms with E-state index in [0.29, 0.717) is 0 Å². The minimum absolute atomic E-state index is 0.866. The highest BCUT2D eigenvalue weighted by Gasteiger charge is 2.22. The lowest BCUT2D eigenvalue weighted by molar-refractivity contribution is 0.645. The van der Waals surface area contributed by atoms with Crippen LogP contribution in [0.25, 0.3) is 116 Å². The van der Waals surface area contributed by atoms with Crippen LogP contribution in [0.15, 0.2) is 217 Å². The van der Waals surface area contributed by atoms with Gasteiger partial charge in [0, 0.05) is 49.4 Å². The molecule has 4 heterocycles. The molecule has 0 aliphatic heterocycles. The van der Waals surface area contributed by atoms with Crippen LogP contribution in [0.4, 0.5) is 0 Å². The Balaban J connectivity index is 0.934. The van der Waals surface area contributed by atoms with Gasteiger partial charge in [-0.2, -0.15) is 0 Å². The fraction of sp³-hybridized carbons (Fsp3) is 0. The van der Waals surface area contributed by atoms with Crippen LogP contribution in [0.5, 0.6) is 0 Å². The molecule has 0 aliphatic rings. The number of fused-ring (bicyclic) bond motifs is 11. The summed E-state index contributed by atoms with van der Waals surface area (Å²) in [6.45, 7) is 0. The molecule has 9 aromatic carbocycles. The summed E-state index contributed by atoms with van der Waals surface area (Å²) in [6, 6.07) is 76.6. The van der Waals surface area contributed by atoms with Crippen LogP contribution in [-0.2, 0) is 0 Å². The van der Waals surface area contributed by atoms with Crippen molar-refractivity contribution < 1.29 is 4.42 Å². The maximum atomic E-state index is 6.72. The van der Waals surface area contributed by atoms with Gasteiger partial charge in [0.2, 0.25) is 5.71 Å². The number of aromatic nitrogens is 3. The topological polar surface area (TPSA) is 27.9 Å². The monoisotopic (exact) mass is 765 g/mol. The highest BCUT2D eigenvalue weighted by Crippen LogP contribution is 2.44. The molecule has 4 aromatic heterocycles. The maximum Gasteiger partial charge on any atom is 0.213 e. The van der Waals surface area contributed by atoms with E-state index in [-0.39, 0.29) is 0 Å². The Hall–Kier alpha value is -8.08. The minimum Gasteiger partial charge on any atom is -0.439 e. The van der Waals surface area contributed by atoms with E-state index >= 15 is 0 Å². The van der Waals surface area contributed by atoms with Gasteiger partial charge in [0.25, 0.3) is 0 Å². The summed E-state index contributed by atoms with van der Waals surface area (Å²) in [5.41, 5.74) is 15.8. The van der Waals surface area contributed by atoms with Crippen LogP contribution in [0, 0.1) is 0 Å². The average Bonchev–Trinajstić information content (AvgIpc) is 4.05. The molecule has 0 atom stereocenters. The summed E-state index contributed by atoms with van der Waals surface area (Å²) in [7, 11) is 0. The first-order chi connectivity index (χ1) is 29.8. The molecule has 0 fully saturated rings. The van der Waals surface area contributed by atoms with Gasteiger partial charge in [-0.25, -0.2) is 0 Å². The molecule has 280 valence electrons. The third-order valence-corrected chi connectivity index (χ3v) is 12.5. The highest BCUT2D eigenvalue weighted by atomic mass is 16.3. The van der Waals surface area contributed by atoms with Crippen molar-refractivity contribution in [3.63, 3.8) is 0 Å². The Morgan fingerprint density at radius 1 is 0.283 bits per heavy atom. The van der Waals surface area contributed by atoms with Crippen LogP contribution in [-0.4, -0.2) is 13.7 Å². The molecular formula is C56H35N3O. The van der Waals surface area contributed by atoms with Crippen LogP contribution in [0.1, 0.15) is 0 Å². The first-order valence-corrected chi connectivity index (χ1v) is 20.5. The zero-order chi connectivity index (χ0) is 39.3. The van der Waals surface area contributed by atoms with Crippen LogP contribution < -0.4 is 0 Å². The van der Waals surface area contributed by atoms with E-state index in [0.717, 1.165) is 50.1 Å². The Labute approximate surface area is 345 Å². The highest BCUT2D eigenvalue weighted by molar-refractivity contribution is 6.23. The lowest BCUT2D eigenvalue weighted by Gasteiger charge is -2.11. The van der Waals surface area contributed by atoms with Crippen molar-refractivity contribution in [1.29, 1.82) is 0 Å². The van der Waals surface area contributed by atoms with Gasteiger partial charge in [0.1, 0.15) is 5.58 Å². The first-order valence-electron chi connectivity index (χ1n) is 20.5. The van der Waals surface area contributed by atoms with Gasteiger partial charge in [0.05, 0.1) is 33.0 Å². The van der Waals surface area contributed by atoms with Crippen LogP contribution in [0.2, 0.25) is 0 Å². The lowest BCUT2D eigenvalue weighted by atomic mass is 9.99. The van der Waals surface area contributed by atoms with Gasteiger partial charge < -0.3 is 13.6 Å². The van der Waals surface area contributed by atoms with Crippen LogP contribution in [0.3, 0.4) is 0 Å². The number of nitrogens with zero attached hydrogens (tertiary/aromatic N) is 3. The van der Waals surface area contributed by atoms with E-state index in [2.05, 4.69) is 226 Å². The third kappa shape index (κ3) is 4.73. The standard InChI is InChI=1S/C56H35N3O/c1-3-14-39(15-4-1)57-48-22-10-7-18-43(48)46-34-37(28-32-51(46)57)38-29-33-52-47(35-38)44-19-8-11-23-49(44)58(52)41-30-26-36(27-31-41)42-21-13-25-53-54(42)55-45-20-9-12-24-50(45)59(56(55)60-53)40-16-5-2-6-17-40/h1-35H. The summed E-state index contributed by atoms with van der Waals surface area (Å²) < 4.78 is 13.7. The molecule has 0 amide bonds. The minimum atomic E-state index is 0.866. The molecule has 0 saturated heterocycles. The van der Waals surface area contributed by atoms with E-state index in [1.54, 1.807) is 0 Å². The smallest absolute Gasteiger partial charge is 0.213 e.